The number of carbonyl (C=O) groups is 3. The number of fused-ring (bicyclic) bond motifs is 2. The van der Waals surface area contributed by atoms with E-state index in [4.69, 9.17) is 0 Å². The molecule has 4 rings (SSSR count). The van der Waals surface area contributed by atoms with Crippen molar-refractivity contribution in [1.82, 2.24) is 30.9 Å². The van der Waals surface area contributed by atoms with Crippen LogP contribution >= 0.6 is 0 Å². The summed E-state index contributed by atoms with van der Waals surface area (Å²) in [5, 5.41) is 12.7. The molecule has 10 heteroatoms. The van der Waals surface area contributed by atoms with Gasteiger partial charge >= 0.3 is 0 Å². The first-order chi connectivity index (χ1) is 20.5. The molecule has 234 valence electrons. The number of allylic oxidation sites excluding steroid dienone is 1. The monoisotopic (exact) mass is 591 g/mol. The van der Waals surface area contributed by atoms with Crippen molar-refractivity contribution in [3.63, 3.8) is 0 Å². The molecule has 3 aliphatic rings. The van der Waals surface area contributed by atoms with Crippen LogP contribution < -0.4 is 16.2 Å². The van der Waals surface area contributed by atoms with Gasteiger partial charge in [0.1, 0.15) is 6.04 Å². The van der Waals surface area contributed by atoms with Gasteiger partial charge in [-0.1, -0.05) is 12.6 Å². The van der Waals surface area contributed by atoms with Crippen LogP contribution in [0.5, 0.6) is 0 Å². The van der Waals surface area contributed by atoms with E-state index < -0.39 is 5.41 Å². The zero-order valence-corrected chi connectivity index (χ0v) is 26.5. The minimum atomic E-state index is -0.859. The molecule has 43 heavy (non-hydrogen) atoms. The van der Waals surface area contributed by atoms with Crippen LogP contribution in [-0.4, -0.2) is 93.3 Å². The van der Waals surface area contributed by atoms with Crippen molar-refractivity contribution in [3.05, 3.63) is 47.2 Å². The Bertz CT molecular complexity index is 1260. The number of nitriles is 1. The average Bonchev–Trinajstić information content (AvgIpc) is 3.43. The SMILES string of the molecule is C=C([C@H]1CCC2C(CCc3cc(C(=O)N(C)C)ccc3C2(CCNCC(=O)N2CCCC2C#N)C(=O)NNC)C1)N(C)C. The minimum Gasteiger partial charge on any atom is -0.381 e. The summed E-state index contributed by atoms with van der Waals surface area (Å²) in [6.45, 7) is 5.58. The van der Waals surface area contributed by atoms with Gasteiger partial charge in [-0.15, -0.1) is 0 Å². The minimum absolute atomic E-state index is 0.0603. The molecule has 1 aromatic carbocycles. The van der Waals surface area contributed by atoms with Crippen LogP contribution in [0.4, 0.5) is 0 Å². The van der Waals surface area contributed by atoms with Crippen LogP contribution in [0.3, 0.4) is 0 Å². The van der Waals surface area contributed by atoms with Crippen molar-refractivity contribution in [2.24, 2.45) is 17.8 Å². The molecule has 1 heterocycles. The summed E-state index contributed by atoms with van der Waals surface area (Å²) in [4.78, 5) is 45.6. The number of rotatable bonds is 10. The van der Waals surface area contributed by atoms with E-state index in [1.807, 2.05) is 32.3 Å². The number of nitrogens with one attached hydrogen (secondary N) is 3. The van der Waals surface area contributed by atoms with E-state index in [1.165, 1.54) is 0 Å². The lowest BCUT2D eigenvalue weighted by atomic mass is 9.57. The van der Waals surface area contributed by atoms with Gasteiger partial charge in [-0.05, 0) is 98.9 Å². The van der Waals surface area contributed by atoms with Crippen molar-refractivity contribution in [2.45, 2.75) is 62.8 Å². The fourth-order valence-electron chi connectivity index (χ4n) is 7.80. The highest BCUT2D eigenvalue weighted by molar-refractivity contribution is 5.95. The molecule has 5 atom stereocenters. The Kier molecular flexibility index (Phi) is 10.5. The standard InChI is InChI=1S/C33H49N7O3/c1-22(38(3)4)23-11-13-28-24(18-23)9-10-25-19-26(31(42)39(5)6)12-14-29(25)33(28,32(43)37-35-2)15-16-36-21-30(41)40-17-7-8-27(40)20-34/h12,14,19,23-24,27-28,35-36H,1,7-11,13,15-18,21H2,2-6H3,(H,37,43)/t23-,24?,27?,28?,33?/m0/s1. The van der Waals surface area contributed by atoms with E-state index in [2.05, 4.69) is 33.7 Å². The molecule has 2 fully saturated rings. The van der Waals surface area contributed by atoms with Crippen molar-refractivity contribution in [3.8, 4) is 6.07 Å². The van der Waals surface area contributed by atoms with Crippen LogP contribution in [0.1, 0.15) is 66.4 Å². The Labute approximate surface area is 256 Å². The predicted molar refractivity (Wildman–Crippen MR) is 167 cm³/mol. The molecule has 3 N–H and O–H groups in total. The molecular formula is C33H49N7O3. The van der Waals surface area contributed by atoms with E-state index in [0.717, 1.165) is 61.8 Å². The third-order valence-electron chi connectivity index (χ3n) is 10.0. The Hall–Kier alpha value is -3.42. The fourth-order valence-corrected chi connectivity index (χ4v) is 7.80. The maximum absolute atomic E-state index is 14.3. The van der Waals surface area contributed by atoms with Crippen LogP contribution in [-0.2, 0) is 21.4 Å². The first-order valence-corrected chi connectivity index (χ1v) is 15.6. The molecule has 10 nitrogen and oxygen atoms in total. The molecule has 1 aliphatic heterocycles. The smallest absolute Gasteiger partial charge is 0.253 e. The number of aryl methyl sites for hydroxylation is 1. The molecule has 0 aromatic heterocycles. The second kappa shape index (κ2) is 13.9. The lowest BCUT2D eigenvalue weighted by Crippen LogP contribution is -2.56. The Morgan fingerprint density at radius 3 is 2.56 bits per heavy atom. The average molecular weight is 592 g/mol. The quantitative estimate of drug-likeness (QED) is 0.282. The van der Waals surface area contributed by atoms with Gasteiger partial charge in [-0.2, -0.15) is 5.26 Å². The Morgan fingerprint density at radius 2 is 1.88 bits per heavy atom. The number of hydrazine groups is 1. The lowest BCUT2D eigenvalue weighted by molar-refractivity contribution is -0.132. The van der Waals surface area contributed by atoms with Gasteiger partial charge in [0.2, 0.25) is 11.8 Å². The molecule has 1 aromatic rings. The number of carbonyl (C=O) groups excluding carboxylic acids is 3. The van der Waals surface area contributed by atoms with E-state index in [9.17, 15) is 19.6 Å². The molecule has 1 saturated carbocycles. The first kappa shape index (κ1) is 32.5. The summed E-state index contributed by atoms with van der Waals surface area (Å²) < 4.78 is 0. The largest absolute Gasteiger partial charge is 0.381 e. The van der Waals surface area contributed by atoms with Gasteiger partial charge in [0, 0.05) is 53.0 Å². The number of hydrogen-bond donors (Lipinski definition) is 3. The highest BCUT2D eigenvalue weighted by Gasteiger charge is 2.53. The van der Waals surface area contributed by atoms with Gasteiger partial charge in [0.25, 0.3) is 5.91 Å². The Morgan fingerprint density at radius 1 is 1.12 bits per heavy atom. The topological polar surface area (TPSA) is 121 Å². The number of benzene rings is 1. The number of hydrogen-bond acceptors (Lipinski definition) is 7. The van der Waals surface area contributed by atoms with Crippen molar-refractivity contribution in [1.29, 1.82) is 5.26 Å². The normalized spacial score (nSPS) is 26.4. The zero-order valence-electron chi connectivity index (χ0n) is 26.5. The molecule has 1 saturated heterocycles. The Balaban J connectivity index is 1.69. The third kappa shape index (κ3) is 6.58. The van der Waals surface area contributed by atoms with Gasteiger partial charge in [-0.3, -0.25) is 19.8 Å². The molecular weight excluding hydrogens is 542 g/mol. The van der Waals surface area contributed by atoms with Gasteiger partial charge < -0.3 is 20.0 Å². The molecule has 3 amide bonds. The molecule has 0 bridgehead atoms. The van der Waals surface area contributed by atoms with Crippen LogP contribution in [0.25, 0.3) is 0 Å². The van der Waals surface area contributed by atoms with E-state index >= 15 is 0 Å². The van der Waals surface area contributed by atoms with Crippen molar-refractivity contribution < 1.29 is 14.4 Å². The number of likely N-dealkylation sites (tertiary alicyclic amines) is 1. The molecule has 0 radical (unpaired) electrons. The van der Waals surface area contributed by atoms with Crippen molar-refractivity contribution >= 4 is 17.7 Å². The number of nitrogens with zero attached hydrogens (tertiary/aromatic N) is 4. The van der Waals surface area contributed by atoms with E-state index in [1.54, 1.807) is 30.9 Å². The molecule has 0 spiro atoms. The highest BCUT2D eigenvalue weighted by atomic mass is 16.2. The maximum Gasteiger partial charge on any atom is 0.253 e. The highest BCUT2D eigenvalue weighted by Crippen LogP contribution is 2.53. The second-order valence-corrected chi connectivity index (χ2v) is 12.8. The van der Waals surface area contributed by atoms with Crippen molar-refractivity contribution in [2.75, 3.05) is 54.9 Å². The third-order valence-corrected chi connectivity index (χ3v) is 10.0. The van der Waals surface area contributed by atoms with Gasteiger partial charge in [-0.25, -0.2) is 5.43 Å². The fraction of sp³-hybridized carbons (Fsp3) is 0.636. The van der Waals surface area contributed by atoms with Gasteiger partial charge in [0.15, 0.2) is 0 Å². The van der Waals surface area contributed by atoms with E-state index in [0.29, 0.717) is 36.9 Å². The summed E-state index contributed by atoms with van der Waals surface area (Å²) >= 11 is 0. The maximum atomic E-state index is 14.3. The molecule has 2 aliphatic carbocycles. The first-order valence-electron chi connectivity index (χ1n) is 15.6. The summed E-state index contributed by atoms with van der Waals surface area (Å²) in [6.07, 6.45) is 6.58. The van der Waals surface area contributed by atoms with E-state index in [-0.39, 0.29) is 36.2 Å². The summed E-state index contributed by atoms with van der Waals surface area (Å²) in [6, 6.07) is 7.72. The van der Waals surface area contributed by atoms with Crippen LogP contribution in [0.2, 0.25) is 0 Å². The zero-order chi connectivity index (χ0) is 31.3. The summed E-state index contributed by atoms with van der Waals surface area (Å²) in [5.41, 5.74) is 8.74. The molecule has 4 unspecified atom stereocenters. The lowest BCUT2D eigenvalue weighted by Gasteiger charge is -2.47. The van der Waals surface area contributed by atoms with Crippen LogP contribution in [0.15, 0.2) is 30.5 Å². The predicted octanol–water partition coefficient (Wildman–Crippen LogP) is 2.43. The summed E-state index contributed by atoms with van der Waals surface area (Å²) in [5.74, 6) is 0.518. The van der Waals surface area contributed by atoms with Crippen LogP contribution in [0, 0.1) is 29.1 Å². The summed E-state index contributed by atoms with van der Waals surface area (Å²) in [7, 11) is 9.28. The second-order valence-electron chi connectivity index (χ2n) is 12.8. The van der Waals surface area contributed by atoms with Gasteiger partial charge in [0.05, 0.1) is 18.0 Å². The number of amides is 3.